The average molecular weight is 600 g/mol. The molecule has 236 valence electrons. The van der Waals surface area contributed by atoms with Crippen LogP contribution in [0, 0.1) is 5.92 Å². The molecule has 11 nitrogen and oxygen atoms in total. The molecule has 0 fully saturated rings. The highest BCUT2D eigenvalue weighted by molar-refractivity contribution is 5.93. The molecular formula is C32H45N3O8. The zero-order chi connectivity index (χ0) is 32.2. The normalized spacial score (nSPS) is 14.1. The van der Waals surface area contributed by atoms with Crippen LogP contribution in [0.3, 0.4) is 0 Å². The fourth-order valence-electron chi connectivity index (χ4n) is 4.09. The lowest BCUT2D eigenvalue weighted by Gasteiger charge is -2.27. The van der Waals surface area contributed by atoms with Crippen LogP contribution in [0.5, 0.6) is 5.75 Å². The Hall–Kier alpha value is -4.12. The summed E-state index contributed by atoms with van der Waals surface area (Å²) in [6.45, 7) is 10.6. The van der Waals surface area contributed by atoms with E-state index in [-0.39, 0.29) is 18.8 Å². The molecule has 0 heterocycles. The van der Waals surface area contributed by atoms with Crippen LogP contribution in [0.15, 0.2) is 54.6 Å². The number of benzene rings is 2. The molecule has 2 rings (SSSR count). The van der Waals surface area contributed by atoms with Gasteiger partial charge in [-0.2, -0.15) is 0 Å². The Bertz CT molecular complexity index is 1190. The Balaban J connectivity index is 2.25. The molecule has 0 saturated carbocycles. The summed E-state index contributed by atoms with van der Waals surface area (Å²) in [5.41, 5.74) is 0.937. The lowest BCUT2D eigenvalue weighted by Crippen LogP contribution is -2.58. The number of amides is 3. The maximum atomic E-state index is 13.4. The van der Waals surface area contributed by atoms with Gasteiger partial charge in [-0.3, -0.25) is 9.59 Å². The molecule has 4 N–H and O–H groups in total. The largest absolute Gasteiger partial charge is 0.489 e. The zero-order valence-corrected chi connectivity index (χ0v) is 26.0. The number of aliphatic hydroxyl groups is 1. The van der Waals surface area contributed by atoms with Crippen molar-refractivity contribution >= 4 is 23.9 Å². The van der Waals surface area contributed by atoms with Gasteiger partial charge in [0.05, 0.1) is 13.2 Å². The molecule has 11 heteroatoms. The highest BCUT2D eigenvalue weighted by Gasteiger charge is 2.33. The van der Waals surface area contributed by atoms with Gasteiger partial charge in [0.2, 0.25) is 11.8 Å². The summed E-state index contributed by atoms with van der Waals surface area (Å²) in [5.74, 6) is -1.50. The summed E-state index contributed by atoms with van der Waals surface area (Å²) in [6.07, 6.45) is -1.69. The molecular weight excluding hydrogens is 554 g/mol. The van der Waals surface area contributed by atoms with Gasteiger partial charge in [0.25, 0.3) is 0 Å². The van der Waals surface area contributed by atoms with Crippen LogP contribution < -0.4 is 20.7 Å². The minimum atomic E-state index is -1.35. The zero-order valence-electron chi connectivity index (χ0n) is 26.0. The quantitative estimate of drug-likeness (QED) is 0.242. The molecule has 0 aliphatic rings. The summed E-state index contributed by atoms with van der Waals surface area (Å²) >= 11 is 0. The molecule has 0 aromatic heterocycles. The van der Waals surface area contributed by atoms with Crippen molar-refractivity contribution in [2.45, 2.75) is 90.8 Å². The first-order chi connectivity index (χ1) is 20.2. The van der Waals surface area contributed by atoms with Gasteiger partial charge in [0, 0.05) is 6.42 Å². The Morgan fingerprint density at radius 2 is 1.42 bits per heavy atom. The first kappa shape index (κ1) is 35.1. The molecule has 0 bridgehead atoms. The summed E-state index contributed by atoms with van der Waals surface area (Å²) in [4.78, 5) is 51.5. The SMILES string of the molecule is COC(=O)[C@@H](NC(=O)[C@H](Cc1ccc(OCc2ccccc2)cc1)NC(=O)[C@H](CC(C)C)NC(=O)OC(C)(C)C)[C@@H](C)O. The molecule has 4 atom stereocenters. The third kappa shape index (κ3) is 12.7. The number of carbonyl (C=O) groups excluding carboxylic acids is 4. The molecule has 0 spiro atoms. The summed E-state index contributed by atoms with van der Waals surface area (Å²) < 4.78 is 15.9. The molecule has 43 heavy (non-hydrogen) atoms. The van der Waals surface area contributed by atoms with Crippen LogP contribution in [-0.2, 0) is 36.9 Å². The number of esters is 1. The highest BCUT2D eigenvalue weighted by Crippen LogP contribution is 2.16. The maximum Gasteiger partial charge on any atom is 0.408 e. The van der Waals surface area contributed by atoms with Crippen LogP contribution in [0.2, 0.25) is 0 Å². The van der Waals surface area contributed by atoms with E-state index in [2.05, 4.69) is 16.0 Å². The second-order valence-corrected chi connectivity index (χ2v) is 11.8. The first-order valence-corrected chi connectivity index (χ1v) is 14.3. The number of alkyl carbamates (subject to hydrolysis) is 1. The number of hydrogen-bond acceptors (Lipinski definition) is 8. The van der Waals surface area contributed by atoms with Crippen molar-refractivity contribution < 1.29 is 38.5 Å². The van der Waals surface area contributed by atoms with Crippen molar-refractivity contribution in [3.63, 3.8) is 0 Å². The number of rotatable bonds is 14. The summed E-state index contributed by atoms with van der Waals surface area (Å²) in [7, 11) is 1.14. The number of carbonyl (C=O) groups is 4. The van der Waals surface area contributed by atoms with Crippen molar-refractivity contribution in [3.05, 3.63) is 65.7 Å². The molecule has 0 aliphatic heterocycles. The van der Waals surface area contributed by atoms with E-state index in [0.29, 0.717) is 17.9 Å². The molecule has 2 aromatic rings. The molecule has 2 aromatic carbocycles. The van der Waals surface area contributed by atoms with Gasteiger partial charge in [-0.1, -0.05) is 56.3 Å². The van der Waals surface area contributed by atoms with Crippen LogP contribution in [0.1, 0.15) is 59.1 Å². The summed E-state index contributed by atoms with van der Waals surface area (Å²) in [6, 6.07) is 13.2. The van der Waals surface area contributed by atoms with E-state index in [9.17, 15) is 24.3 Å². The lowest BCUT2D eigenvalue weighted by molar-refractivity contribution is -0.148. The minimum absolute atomic E-state index is 0.0281. The molecule has 0 aliphatic carbocycles. The lowest BCUT2D eigenvalue weighted by atomic mass is 10.0. The number of aliphatic hydroxyl groups excluding tert-OH is 1. The van der Waals surface area contributed by atoms with E-state index in [4.69, 9.17) is 14.2 Å². The van der Waals surface area contributed by atoms with Crippen LogP contribution in [0.25, 0.3) is 0 Å². The predicted octanol–water partition coefficient (Wildman–Crippen LogP) is 3.27. The van der Waals surface area contributed by atoms with Gasteiger partial charge in [0.15, 0.2) is 6.04 Å². The van der Waals surface area contributed by atoms with E-state index in [0.717, 1.165) is 12.7 Å². The van der Waals surface area contributed by atoms with Crippen molar-refractivity contribution in [1.29, 1.82) is 0 Å². The molecule has 3 amide bonds. The smallest absolute Gasteiger partial charge is 0.408 e. The van der Waals surface area contributed by atoms with Crippen molar-refractivity contribution in [1.82, 2.24) is 16.0 Å². The Labute approximate surface area is 253 Å². The van der Waals surface area contributed by atoms with Crippen molar-refractivity contribution in [2.24, 2.45) is 5.92 Å². The van der Waals surface area contributed by atoms with Gasteiger partial charge in [-0.15, -0.1) is 0 Å². The van der Waals surface area contributed by atoms with E-state index in [1.54, 1.807) is 45.0 Å². The topological polar surface area (TPSA) is 152 Å². The number of nitrogens with one attached hydrogen (secondary N) is 3. The molecule has 0 unspecified atom stereocenters. The van der Waals surface area contributed by atoms with Gasteiger partial charge in [0.1, 0.15) is 30.0 Å². The Morgan fingerprint density at radius 3 is 1.95 bits per heavy atom. The third-order valence-corrected chi connectivity index (χ3v) is 6.19. The van der Waals surface area contributed by atoms with Crippen molar-refractivity contribution in [3.8, 4) is 5.75 Å². The van der Waals surface area contributed by atoms with Gasteiger partial charge in [-0.05, 0) is 63.3 Å². The van der Waals surface area contributed by atoms with Crippen molar-refractivity contribution in [2.75, 3.05) is 7.11 Å². The standard InChI is InChI=1S/C32H45N3O8/c1-20(2)17-25(34-31(40)43-32(4,5)6)28(37)33-26(29(38)35-27(21(3)36)30(39)41-7)18-22-13-15-24(16-14-22)42-19-23-11-9-8-10-12-23/h8-16,20-21,25-27,36H,17-19H2,1-7H3,(H,33,37)(H,34,40)(H,35,38)/t21-,25+,26+,27+/m1/s1. The average Bonchev–Trinajstić information content (AvgIpc) is 2.93. The number of hydrogen-bond donors (Lipinski definition) is 4. The molecule has 0 radical (unpaired) electrons. The van der Waals surface area contributed by atoms with Gasteiger partial charge < -0.3 is 35.3 Å². The molecule has 0 saturated heterocycles. The maximum absolute atomic E-state index is 13.4. The Morgan fingerprint density at radius 1 is 0.814 bits per heavy atom. The number of ether oxygens (including phenoxy) is 3. The van der Waals surface area contributed by atoms with Gasteiger partial charge in [-0.25, -0.2) is 9.59 Å². The fourth-order valence-corrected chi connectivity index (χ4v) is 4.09. The second-order valence-electron chi connectivity index (χ2n) is 11.8. The minimum Gasteiger partial charge on any atom is -0.489 e. The first-order valence-electron chi connectivity index (χ1n) is 14.3. The van der Waals surface area contributed by atoms with Gasteiger partial charge >= 0.3 is 12.1 Å². The van der Waals surface area contributed by atoms with Crippen LogP contribution >= 0.6 is 0 Å². The second kappa shape index (κ2) is 16.5. The third-order valence-electron chi connectivity index (χ3n) is 6.19. The van der Waals surface area contributed by atoms with E-state index < -0.39 is 53.7 Å². The van der Waals surface area contributed by atoms with E-state index in [1.807, 2.05) is 44.2 Å². The van der Waals surface area contributed by atoms with Crippen LogP contribution in [0.4, 0.5) is 4.79 Å². The summed E-state index contributed by atoms with van der Waals surface area (Å²) in [5, 5.41) is 17.9. The monoisotopic (exact) mass is 599 g/mol. The van der Waals surface area contributed by atoms with Crippen LogP contribution in [-0.4, -0.2) is 65.9 Å². The fraction of sp³-hybridized carbons (Fsp3) is 0.500. The predicted molar refractivity (Wildman–Crippen MR) is 161 cm³/mol. The van der Waals surface area contributed by atoms with E-state index in [1.165, 1.54) is 6.92 Å². The van der Waals surface area contributed by atoms with E-state index >= 15 is 0 Å². The number of methoxy groups -OCH3 is 1. The highest BCUT2D eigenvalue weighted by atomic mass is 16.6. The Kier molecular flexibility index (Phi) is 13.5.